The zero-order valence-corrected chi connectivity index (χ0v) is 15.7. The first-order chi connectivity index (χ1) is 13.5. The van der Waals surface area contributed by atoms with Crippen LogP contribution in [-0.2, 0) is 9.59 Å². The van der Waals surface area contributed by atoms with Crippen molar-refractivity contribution in [2.24, 2.45) is 10.7 Å². The first-order valence-corrected chi connectivity index (χ1v) is 8.98. The van der Waals surface area contributed by atoms with E-state index in [1.54, 1.807) is 23.1 Å². The standard InChI is InChI=1S/C23H21N3O2/c1-3-17(14-18-9-5-4-8-16(18)2)23(28)26-13-12-20-19(15-26)10-6-7-11-21(25-20)22(24)27/h1,4-11,14H,12-13,15H2,2H3,(H2,24,27)/b7-6+,10-6?,11-7?,17-14+,19-10+,21-11-,25-20-,25-21?. The second kappa shape index (κ2) is 8.36. The number of carbonyl (C=O) groups is 2. The van der Waals surface area contributed by atoms with E-state index in [1.807, 2.05) is 43.3 Å². The Bertz CT molecular complexity index is 1020. The molecule has 0 saturated carbocycles. The van der Waals surface area contributed by atoms with E-state index in [4.69, 9.17) is 12.2 Å². The number of benzene rings is 1. The van der Waals surface area contributed by atoms with E-state index >= 15 is 0 Å². The fourth-order valence-electron chi connectivity index (χ4n) is 3.11. The zero-order valence-electron chi connectivity index (χ0n) is 15.7. The highest BCUT2D eigenvalue weighted by atomic mass is 16.2. The van der Waals surface area contributed by atoms with Gasteiger partial charge in [0.1, 0.15) is 5.70 Å². The number of terminal acetylenes is 1. The summed E-state index contributed by atoms with van der Waals surface area (Å²) in [6.07, 6.45) is 14.9. The lowest BCUT2D eigenvalue weighted by Crippen LogP contribution is -2.41. The molecule has 1 aromatic rings. The Morgan fingerprint density at radius 1 is 1.25 bits per heavy atom. The highest BCUT2D eigenvalue weighted by molar-refractivity contribution is 6.08. The van der Waals surface area contributed by atoms with Crippen molar-refractivity contribution < 1.29 is 9.59 Å². The fraction of sp³-hybridized carbons (Fsp3) is 0.174. The van der Waals surface area contributed by atoms with Crippen molar-refractivity contribution in [1.29, 1.82) is 0 Å². The van der Waals surface area contributed by atoms with Gasteiger partial charge in [-0.1, -0.05) is 48.4 Å². The Hall–Kier alpha value is -3.65. The highest BCUT2D eigenvalue weighted by Gasteiger charge is 2.26. The van der Waals surface area contributed by atoms with Crippen LogP contribution >= 0.6 is 0 Å². The maximum Gasteiger partial charge on any atom is 0.267 e. The van der Waals surface area contributed by atoms with Crippen molar-refractivity contribution in [2.45, 2.75) is 13.3 Å². The summed E-state index contributed by atoms with van der Waals surface area (Å²) in [5.41, 5.74) is 9.50. The van der Waals surface area contributed by atoms with Crippen molar-refractivity contribution >= 4 is 23.6 Å². The van der Waals surface area contributed by atoms with Crippen LogP contribution in [0.2, 0.25) is 0 Å². The molecule has 0 aromatic heterocycles. The molecule has 1 fully saturated rings. The topological polar surface area (TPSA) is 75.8 Å². The molecule has 2 amide bonds. The minimum absolute atomic E-state index is 0.192. The Kier molecular flexibility index (Phi) is 5.71. The average Bonchev–Trinajstić information content (AvgIpc) is 2.67. The molecule has 1 saturated heterocycles. The number of primary amides is 1. The van der Waals surface area contributed by atoms with Crippen LogP contribution in [0.3, 0.4) is 0 Å². The third-order valence-electron chi connectivity index (χ3n) is 4.68. The summed E-state index contributed by atoms with van der Waals surface area (Å²) >= 11 is 0. The molecule has 2 N–H and O–H groups in total. The SMILES string of the molecule is C#C/C(=C\c1ccccc1C)C(=O)N1CCC2=N/C(C(N)=O)=C\C=C\C=C\2C1. The number of aryl methyl sites for hydroxylation is 1. The predicted octanol–water partition coefficient (Wildman–Crippen LogP) is 2.55. The van der Waals surface area contributed by atoms with Gasteiger partial charge in [0.15, 0.2) is 0 Å². The van der Waals surface area contributed by atoms with Gasteiger partial charge in [0.05, 0.1) is 5.57 Å². The van der Waals surface area contributed by atoms with Crippen LogP contribution in [0.15, 0.2) is 70.4 Å². The van der Waals surface area contributed by atoms with Crippen LogP contribution in [0.1, 0.15) is 17.5 Å². The number of carbonyl (C=O) groups excluding carboxylic acids is 2. The second-order valence-electron chi connectivity index (χ2n) is 6.59. The van der Waals surface area contributed by atoms with Crippen LogP contribution in [0.25, 0.3) is 6.08 Å². The van der Waals surface area contributed by atoms with Crippen molar-refractivity contribution in [3.63, 3.8) is 0 Å². The molecule has 1 aromatic carbocycles. The van der Waals surface area contributed by atoms with Gasteiger partial charge >= 0.3 is 0 Å². The largest absolute Gasteiger partial charge is 0.364 e. The lowest BCUT2D eigenvalue weighted by atomic mass is 9.99. The number of piperidine rings is 1. The molecular formula is C23H21N3O2. The van der Waals surface area contributed by atoms with Crippen molar-refractivity contribution in [1.82, 2.24) is 4.90 Å². The Balaban J connectivity index is 1.84. The molecule has 2 aliphatic rings. The number of aliphatic imine (C=N–C) groups is 1. The van der Waals surface area contributed by atoms with Crippen LogP contribution < -0.4 is 5.73 Å². The number of nitrogens with two attached hydrogens (primary N) is 1. The zero-order chi connectivity index (χ0) is 20.1. The van der Waals surface area contributed by atoms with E-state index < -0.39 is 5.91 Å². The normalized spacial score (nSPS) is 23.4. The summed E-state index contributed by atoms with van der Waals surface area (Å²) in [7, 11) is 0. The first kappa shape index (κ1) is 19.1. The summed E-state index contributed by atoms with van der Waals surface area (Å²) < 4.78 is 0. The highest BCUT2D eigenvalue weighted by Crippen LogP contribution is 2.20. The molecule has 5 nitrogen and oxygen atoms in total. The molecule has 0 spiro atoms. The lowest BCUT2D eigenvalue weighted by molar-refractivity contribution is -0.126. The van der Waals surface area contributed by atoms with Gasteiger partial charge in [0, 0.05) is 25.2 Å². The van der Waals surface area contributed by atoms with Gasteiger partial charge < -0.3 is 10.6 Å². The van der Waals surface area contributed by atoms with Crippen molar-refractivity contribution in [3.05, 3.63) is 76.5 Å². The quantitative estimate of drug-likeness (QED) is 0.655. The molecule has 2 heterocycles. The number of nitrogens with zero attached hydrogens (tertiary/aromatic N) is 2. The third-order valence-corrected chi connectivity index (χ3v) is 4.68. The molecule has 0 radical (unpaired) electrons. The number of fused-ring (bicyclic) bond motifs is 1. The maximum atomic E-state index is 13.0. The van der Waals surface area contributed by atoms with Gasteiger partial charge in [-0.05, 0) is 35.8 Å². The van der Waals surface area contributed by atoms with Crippen LogP contribution in [0.4, 0.5) is 0 Å². The van der Waals surface area contributed by atoms with Gasteiger partial charge in [-0.25, -0.2) is 4.99 Å². The monoisotopic (exact) mass is 371 g/mol. The fourth-order valence-corrected chi connectivity index (χ4v) is 3.11. The van der Waals surface area contributed by atoms with Crippen LogP contribution in [-0.4, -0.2) is 35.5 Å². The average molecular weight is 371 g/mol. The molecule has 0 aliphatic carbocycles. The van der Waals surface area contributed by atoms with E-state index in [-0.39, 0.29) is 11.6 Å². The van der Waals surface area contributed by atoms with E-state index in [0.717, 1.165) is 22.4 Å². The molecular weight excluding hydrogens is 350 g/mol. The number of rotatable bonds is 3. The molecule has 5 heteroatoms. The molecule has 28 heavy (non-hydrogen) atoms. The number of hydrogen-bond acceptors (Lipinski definition) is 3. The maximum absolute atomic E-state index is 13.0. The van der Waals surface area contributed by atoms with E-state index in [0.29, 0.717) is 25.1 Å². The molecule has 0 atom stereocenters. The molecule has 140 valence electrons. The number of amides is 2. The molecule has 0 unspecified atom stereocenters. The second-order valence-corrected chi connectivity index (χ2v) is 6.59. The number of allylic oxidation sites excluding steroid dienone is 4. The first-order valence-electron chi connectivity index (χ1n) is 8.98. The Morgan fingerprint density at radius 2 is 2.00 bits per heavy atom. The summed E-state index contributed by atoms with van der Waals surface area (Å²) in [4.78, 5) is 30.6. The molecule has 2 aliphatic heterocycles. The van der Waals surface area contributed by atoms with Crippen LogP contribution in [0, 0.1) is 19.3 Å². The van der Waals surface area contributed by atoms with E-state index in [2.05, 4.69) is 10.9 Å². The number of likely N-dealkylation sites (tertiary alicyclic amines) is 1. The van der Waals surface area contributed by atoms with E-state index in [1.165, 1.54) is 0 Å². The lowest BCUT2D eigenvalue weighted by Gasteiger charge is -2.30. The Labute approximate surface area is 164 Å². The summed E-state index contributed by atoms with van der Waals surface area (Å²) in [5.74, 6) is 1.76. The number of hydrogen-bond donors (Lipinski definition) is 1. The van der Waals surface area contributed by atoms with Gasteiger partial charge in [-0.3, -0.25) is 9.59 Å². The Morgan fingerprint density at radius 3 is 2.71 bits per heavy atom. The van der Waals surface area contributed by atoms with Crippen LogP contribution in [0.5, 0.6) is 0 Å². The summed E-state index contributed by atoms with van der Waals surface area (Å²) in [6, 6.07) is 7.76. The van der Waals surface area contributed by atoms with Gasteiger partial charge in [-0.2, -0.15) is 0 Å². The molecule has 3 rings (SSSR count). The minimum atomic E-state index is -0.576. The van der Waals surface area contributed by atoms with Crippen molar-refractivity contribution in [3.8, 4) is 12.3 Å². The van der Waals surface area contributed by atoms with Gasteiger partial charge in [0.2, 0.25) is 0 Å². The smallest absolute Gasteiger partial charge is 0.267 e. The van der Waals surface area contributed by atoms with Gasteiger partial charge in [-0.15, -0.1) is 6.42 Å². The predicted molar refractivity (Wildman–Crippen MR) is 111 cm³/mol. The van der Waals surface area contributed by atoms with Gasteiger partial charge in [0.25, 0.3) is 11.8 Å². The third kappa shape index (κ3) is 4.18. The summed E-state index contributed by atoms with van der Waals surface area (Å²) in [6.45, 7) is 2.82. The molecule has 0 bridgehead atoms. The van der Waals surface area contributed by atoms with E-state index in [9.17, 15) is 9.59 Å². The summed E-state index contributed by atoms with van der Waals surface area (Å²) in [5, 5.41) is 0. The van der Waals surface area contributed by atoms with Crippen molar-refractivity contribution in [2.75, 3.05) is 13.1 Å². The minimum Gasteiger partial charge on any atom is -0.364 e.